The summed E-state index contributed by atoms with van der Waals surface area (Å²) in [6.45, 7) is 9.32. The first-order valence-corrected chi connectivity index (χ1v) is 13.5. The second-order valence-electron chi connectivity index (χ2n) is 9.96. The van der Waals surface area contributed by atoms with Crippen LogP contribution in [0.4, 0.5) is 0 Å². The summed E-state index contributed by atoms with van der Waals surface area (Å²) in [6, 6.07) is 8.16. The minimum Gasteiger partial charge on any atom is -0.493 e. The van der Waals surface area contributed by atoms with Gasteiger partial charge in [-0.25, -0.2) is 0 Å². The van der Waals surface area contributed by atoms with Crippen LogP contribution in [0.15, 0.2) is 36.4 Å². The Labute approximate surface area is 215 Å². The number of ether oxygens (including phenoxy) is 3. The maximum atomic E-state index is 11.9. The first kappa shape index (κ1) is 28.0. The van der Waals surface area contributed by atoms with Crippen LogP contribution >= 0.6 is 11.6 Å². The van der Waals surface area contributed by atoms with Crippen molar-refractivity contribution >= 4 is 17.6 Å². The highest BCUT2D eigenvalue weighted by atomic mass is 35.5. The number of rotatable bonds is 13. The highest BCUT2D eigenvalue weighted by Gasteiger charge is 2.41. The molecule has 1 aromatic rings. The van der Waals surface area contributed by atoms with E-state index in [1.54, 1.807) is 0 Å². The average Bonchev–Trinajstić information content (AvgIpc) is 3.12. The first-order chi connectivity index (χ1) is 16.9. The fourth-order valence-electron chi connectivity index (χ4n) is 4.77. The van der Waals surface area contributed by atoms with E-state index in [1.807, 2.05) is 12.1 Å². The molecule has 3 rings (SSSR count). The van der Waals surface area contributed by atoms with E-state index in [4.69, 9.17) is 25.8 Å². The molecule has 1 aromatic carbocycles. The van der Waals surface area contributed by atoms with Gasteiger partial charge >= 0.3 is 5.97 Å². The van der Waals surface area contributed by atoms with E-state index in [2.05, 4.69) is 43.0 Å². The summed E-state index contributed by atoms with van der Waals surface area (Å²) >= 11 is 6.58. The molecule has 1 saturated carbocycles. The molecule has 0 aromatic heterocycles. The van der Waals surface area contributed by atoms with Crippen molar-refractivity contribution in [3.05, 3.63) is 42.0 Å². The highest BCUT2D eigenvalue weighted by Crippen LogP contribution is 2.39. The number of nitrogens with zero attached hydrogens (tertiary/aromatic N) is 1. The Balaban J connectivity index is 1.33. The molecule has 2 fully saturated rings. The zero-order chi connectivity index (χ0) is 25.0. The average molecular weight is 508 g/mol. The molecular formula is C28H42ClNO5. The van der Waals surface area contributed by atoms with Crippen LogP contribution in [0.25, 0.3) is 0 Å². The van der Waals surface area contributed by atoms with Crippen molar-refractivity contribution < 1.29 is 24.1 Å². The third-order valence-electron chi connectivity index (χ3n) is 7.04. The van der Waals surface area contributed by atoms with E-state index in [1.165, 1.54) is 5.56 Å². The van der Waals surface area contributed by atoms with Crippen LogP contribution in [0.1, 0.15) is 57.4 Å². The van der Waals surface area contributed by atoms with E-state index in [-0.39, 0.29) is 23.2 Å². The summed E-state index contributed by atoms with van der Waals surface area (Å²) in [6.07, 6.45) is 7.21. The van der Waals surface area contributed by atoms with Crippen LogP contribution in [0.3, 0.4) is 0 Å². The van der Waals surface area contributed by atoms with Crippen LogP contribution in [-0.4, -0.2) is 73.5 Å². The standard InChI is InChI=1S/C28H42ClNO5/c1-21(2)22-8-7-9-23(18-22)35-20-25-24(26(29)19-27(25)31)10-5-3-4-6-11-28(32)34-17-14-30-12-15-33-16-13-30/h3,5,7-9,18,21,24-27,31H,4,6,10-17,19-20H2,1-2H3/b5-3-/t24-,25-,26-,27-/m1/s1. The summed E-state index contributed by atoms with van der Waals surface area (Å²) < 4.78 is 16.7. The lowest BCUT2D eigenvalue weighted by Crippen LogP contribution is -2.38. The quantitative estimate of drug-likeness (QED) is 0.179. The molecule has 1 aliphatic heterocycles. The van der Waals surface area contributed by atoms with Crippen molar-refractivity contribution in [2.45, 2.75) is 63.4 Å². The van der Waals surface area contributed by atoms with Crippen molar-refractivity contribution in [1.29, 1.82) is 0 Å². The molecule has 1 heterocycles. The molecule has 1 saturated heterocycles. The number of aliphatic hydroxyl groups excluding tert-OH is 1. The van der Waals surface area contributed by atoms with Crippen molar-refractivity contribution in [3.63, 3.8) is 0 Å². The number of aliphatic hydroxyl groups is 1. The van der Waals surface area contributed by atoms with Crippen molar-refractivity contribution in [3.8, 4) is 5.75 Å². The largest absolute Gasteiger partial charge is 0.493 e. The Morgan fingerprint density at radius 3 is 2.83 bits per heavy atom. The fourth-order valence-corrected chi connectivity index (χ4v) is 5.24. The van der Waals surface area contributed by atoms with Crippen molar-refractivity contribution in [2.75, 3.05) is 46.1 Å². The lowest BCUT2D eigenvalue weighted by molar-refractivity contribution is -0.144. The summed E-state index contributed by atoms with van der Waals surface area (Å²) in [5.41, 5.74) is 1.24. The Hall–Kier alpha value is -1.60. The number of hydrogen-bond acceptors (Lipinski definition) is 6. The third-order valence-corrected chi connectivity index (χ3v) is 7.55. The van der Waals surface area contributed by atoms with E-state index < -0.39 is 6.10 Å². The predicted octanol–water partition coefficient (Wildman–Crippen LogP) is 4.79. The minimum atomic E-state index is -0.448. The van der Waals surface area contributed by atoms with Crippen molar-refractivity contribution in [1.82, 2.24) is 4.90 Å². The van der Waals surface area contributed by atoms with E-state index in [0.717, 1.165) is 57.9 Å². The zero-order valence-corrected chi connectivity index (χ0v) is 22.0. The van der Waals surface area contributed by atoms with Crippen LogP contribution in [0.2, 0.25) is 0 Å². The molecule has 1 aliphatic carbocycles. The Kier molecular flexibility index (Phi) is 11.9. The van der Waals surface area contributed by atoms with Gasteiger partial charge in [-0.1, -0.05) is 38.1 Å². The number of halogens is 1. The normalized spacial score (nSPS) is 25.4. The fraction of sp³-hybridized carbons (Fsp3) is 0.679. The molecule has 0 unspecified atom stereocenters. The summed E-state index contributed by atoms with van der Waals surface area (Å²) in [4.78, 5) is 14.2. The lowest BCUT2D eigenvalue weighted by atomic mass is 9.92. The number of morpholine rings is 1. The summed E-state index contributed by atoms with van der Waals surface area (Å²) in [7, 11) is 0. The Morgan fingerprint density at radius 1 is 1.26 bits per heavy atom. The van der Waals surface area contributed by atoms with Gasteiger partial charge in [0.15, 0.2) is 0 Å². The van der Waals surface area contributed by atoms with Gasteiger partial charge in [-0.2, -0.15) is 0 Å². The molecule has 0 amide bonds. The van der Waals surface area contributed by atoms with E-state index in [0.29, 0.717) is 32.0 Å². The van der Waals surface area contributed by atoms with Gasteiger partial charge in [0.2, 0.25) is 0 Å². The zero-order valence-electron chi connectivity index (χ0n) is 21.2. The van der Waals surface area contributed by atoms with E-state index in [9.17, 15) is 9.90 Å². The number of esters is 1. The SMILES string of the molecule is CC(C)c1cccc(OC[C@@H]2[C@@H](C/C=C\CCCC(=O)OCCN3CCOCC3)[C@H](Cl)C[C@H]2O)c1. The molecule has 0 spiro atoms. The summed E-state index contributed by atoms with van der Waals surface area (Å²) in [5, 5.41) is 10.5. The van der Waals surface area contributed by atoms with Gasteiger partial charge in [0.05, 0.1) is 25.9 Å². The number of allylic oxidation sites excluding steroid dienone is 2. The topological polar surface area (TPSA) is 68.2 Å². The second-order valence-corrected chi connectivity index (χ2v) is 10.5. The van der Waals surface area contributed by atoms with Gasteiger partial charge < -0.3 is 19.3 Å². The second kappa shape index (κ2) is 14.8. The molecule has 0 bridgehead atoms. The maximum absolute atomic E-state index is 11.9. The molecule has 6 nitrogen and oxygen atoms in total. The van der Waals surface area contributed by atoms with Crippen LogP contribution in [0.5, 0.6) is 5.75 Å². The predicted molar refractivity (Wildman–Crippen MR) is 139 cm³/mol. The van der Waals surface area contributed by atoms with Gasteiger partial charge in [-0.15, -0.1) is 11.6 Å². The maximum Gasteiger partial charge on any atom is 0.305 e. The van der Waals surface area contributed by atoms with Gasteiger partial charge in [-0.3, -0.25) is 9.69 Å². The molecule has 0 radical (unpaired) electrons. The van der Waals surface area contributed by atoms with Gasteiger partial charge in [0.25, 0.3) is 0 Å². The Bertz CT molecular complexity index is 795. The molecule has 196 valence electrons. The Morgan fingerprint density at radius 2 is 2.06 bits per heavy atom. The van der Waals surface area contributed by atoms with Crippen LogP contribution < -0.4 is 4.74 Å². The van der Waals surface area contributed by atoms with Crippen molar-refractivity contribution in [2.24, 2.45) is 11.8 Å². The smallest absolute Gasteiger partial charge is 0.305 e. The monoisotopic (exact) mass is 507 g/mol. The van der Waals surface area contributed by atoms with E-state index >= 15 is 0 Å². The number of carbonyl (C=O) groups is 1. The number of carbonyl (C=O) groups excluding carboxylic acids is 1. The van der Waals surface area contributed by atoms with Gasteiger partial charge in [0.1, 0.15) is 12.4 Å². The number of benzene rings is 1. The molecule has 7 heteroatoms. The molecule has 4 atom stereocenters. The lowest BCUT2D eigenvalue weighted by Gasteiger charge is -2.26. The van der Waals surface area contributed by atoms with Gasteiger partial charge in [0, 0.05) is 37.4 Å². The molecule has 35 heavy (non-hydrogen) atoms. The third kappa shape index (κ3) is 9.41. The van der Waals surface area contributed by atoms with Crippen LogP contribution in [-0.2, 0) is 14.3 Å². The molecule has 2 aliphatic rings. The highest BCUT2D eigenvalue weighted by molar-refractivity contribution is 6.21. The van der Waals surface area contributed by atoms with Crippen LogP contribution in [0, 0.1) is 11.8 Å². The minimum absolute atomic E-state index is 0.00583. The first-order valence-electron chi connectivity index (χ1n) is 13.1. The van der Waals surface area contributed by atoms with Gasteiger partial charge in [-0.05, 0) is 55.2 Å². The molecule has 1 N–H and O–H groups in total. The number of alkyl halides is 1. The summed E-state index contributed by atoms with van der Waals surface area (Å²) in [5.74, 6) is 1.32. The number of hydrogen-bond donors (Lipinski definition) is 1. The molecular weight excluding hydrogens is 466 g/mol. The number of unbranched alkanes of at least 4 members (excludes halogenated alkanes) is 1.